The fourth-order valence-electron chi connectivity index (χ4n) is 2.65. The summed E-state index contributed by atoms with van der Waals surface area (Å²) in [6.45, 7) is 1.67. The molecule has 112 valence electrons. The van der Waals surface area contributed by atoms with Gasteiger partial charge in [0.05, 0.1) is 10.6 Å². The normalized spacial score (nSPS) is 23.5. The smallest absolute Gasteiger partial charge is 0.178 e. The van der Waals surface area contributed by atoms with Crippen molar-refractivity contribution in [1.82, 2.24) is 0 Å². The molecule has 20 heavy (non-hydrogen) atoms. The predicted molar refractivity (Wildman–Crippen MR) is 87.4 cm³/mol. The van der Waals surface area contributed by atoms with Crippen LogP contribution in [0, 0.1) is 0 Å². The summed E-state index contributed by atoms with van der Waals surface area (Å²) >= 11 is 1.95. The molecule has 0 saturated heterocycles. The van der Waals surface area contributed by atoms with Gasteiger partial charge < -0.3 is 5.32 Å². The minimum absolute atomic E-state index is 0.151. The van der Waals surface area contributed by atoms with Crippen molar-refractivity contribution < 1.29 is 8.42 Å². The minimum atomic E-state index is -3.09. The van der Waals surface area contributed by atoms with Crippen molar-refractivity contribution >= 4 is 27.3 Å². The zero-order valence-electron chi connectivity index (χ0n) is 12.1. The van der Waals surface area contributed by atoms with Crippen LogP contribution in [0.5, 0.6) is 0 Å². The van der Waals surface area contributed by atoms with E-state index < -0.39 is 9.84 Å². The first-order chi connectivity index (χ1) is 9.55. The van der Waals surface area contributed by atoms with Crippen LogP contribution >= 0.6 is 11.8 Å². The Labute approximate surface area is 126 Å². The van der Waals surface area contributed by atoms with E-state index in [0.717, 1.165) is 10.9 Å². The Bertz CT molecular complexity index is 525. The van der Waals surface area contributed by atoms with E-state index in [9.17, 15) is 8.42 Å². The number of hydrogen-bond acceptors (Lipinski definition) is 4. The van der Waals surface area contributed by atoms with Crippen molar-refractivity contribution in [1.29, 1.82) is 0 Å². The van der Waals surface area contributed by atoms with Gasteiger partial charge in [-0.3, -0.25) is 0 Å². The quantitative estimate of drug-likeness (QED) is 0.903. The molecular formula is C15H23NO2S2. The third-order valence-electron chi connectivity index (χ3n) is 3.92. The summed E-state index contributed by atoms with van der Waals surface area (Å²) in [6.07, 6.45) is 7.15. The summed E-state index contributed by atoms with van der Waals surface area (Å²) in [5.74, 6) is 0.151. The largest absolute Gasteiger partial charge is 0.382 e. The highest BCUT2D eigenvalue weighted by molar-refractivity contribution is 7.99. The number of nitrogens with one attached hydrogen (secondary N) is 1. The van der Waals surface area contributed by atoms with Crippen molar-refractivity contribution in [2.75, 3.05) is 17.3 Å². The number of hydrogen-bond donors (Lipinski definition) is 1. The first-order valence-electron chi connectivity index (χ1n) is 7.17. The molecule has 5 heteroatoms. The molecule has 1 aliphatic rings. The number of rotatable bonds is 5. The molecule has 0 bridgehead atoms. The lowest BCUT2D eigenvalue weighted by molar-refractivity contribution is 0.473. The van der Waals surface area contributed by atoms with Crippen molar-refractivity contribution in [3.05, 3.63) is 24.3 Å². The molecule has 3 nitrogen and oxygen atoms in total. The van der Waals surface area contributed by atoms with Crippen LogP contribution in [0.1, 0.15) is 32.6 Å². The summed E-state index contributed by atoms with van der Waals surface area (Å²) < 4.78 is 23.5. The Balaban J connectivity index is 2.00. The van der Waals surface area contributed by atoms with Gasteiger partial charge in [-0.2, -0.15) is 11.8 Å². The molecule has 0 heterocycles. The van der Waals surface area contributed by atoms with E-state index >= 15 is 0 Å². The summed E-state index contributed by atoms with van der Waals surface area (Å²) in [5, 5.41) is 4.28. The Kier molecular flexibility index (Phi) is 5.38. The first-order valence-corrected chi connectivity index (χ1v) is 10.1. The molecule has 1 saturated carbocycles. The fourth-order valence-corrected chi connectivity index (χ4v) is 4.36. The second kappa shape index (κ2) is 6.85. The molecule has 1 N–H and O–H groups in total. The van der Waals surface area contributed by atoms with E-state index in [1.165, 1.54) is 25.7 Å². The van der Waals surface area contributed by atoms with Gasteiger partial charge in [-0.05, 0) is 49.8 Å². The molecule has 1 fully saturated rings. The van der Waals surface area contributed by atoms with Crippen LogP contribution in [0.3, 0.4) is 0 Å². The molecule has 2 atom stereocenters. The molecule has 1 aromatic carbocycles. The van der Waals surface area contributed by atoms with Crippen molar-refractivity contribution in [2.24, 2.45) is 0 Å². The molecule has 2 rings (SSSR count). The SMILES string of the molecule is CCS(=O)(=O)c1ccc(NC2CCCC(SC)C2)cc1. The Hall–Kier alpha value is -0.680. The highest BCUT2D eigenvalue weighted by Crippen LogP contribution is 2.29. The van der Waals surface area contributed by atoms with Crippen molar-refractivity contribution in [3.63, 3.8) is 0 Å². The summed E-state index contributed by atoms with van der Waals surface area (Å²) in [4.78, 5) is 0.413. The zero-order valence-corrected chi connectivity index (χ0v) is 13.8. The van der Waals surface area contributed by atoms with E-state index in [1.807, 2.05) is 23.9 Å². The van der Waals surface area contributed by atoms with E-state index in [2.05, 4.69) is 11.6 Å². The molecule has 2 unspecified atom stereocenters. The lowest BCUT2D eigenvalue weighted by Crippen LogP contribution is -2.28. The molecule has 0 aliphatic heterocycles. The van der Waals surface area contributed by atoms with Crippen LogP contribution in [0.25, 0.3) is 0 Å². The van der Waals surface area contributed by atoms with Gasteiger partial charge in [-0.15, -0.1) is 0 Å². The summed E-state index contributed by atoms with van der Waals surface area (Å²) in [6, 6.07) is 7.68. The average molecular weight is 313 g/mol. The van der Waals surface area contributed by atoms with Gasteiger partial charge in [0.15, 0.2) is 9.84 Å². The lowest BCUT2D eigenvalue weighted by Gasteiger charge is -2.29. The van der Waals surface area contributed by atoms with Gasteiger partial charge in [0.25, 0.3) is 0 Å². The minimum Gasteiger partial charge on any atom is -0.382 e. The number of anilines is 1. The maximum absolute atomic E-state index is 11.8. The third-order valence-corrected chi connectivity index (χ3v) is 6.77. The van der Waals surface area contributed by atoms with Gasteiger partial charge in [0.1, 0.15) is 0 Å². The van der Waals surface area contributed by atoms with E-state index in [0.29, 0.717) is 10.9 Å². The summed E-state index contributed by atoms with van der Waals surface area (Å²) in [7, 11) is -3.09. The van der Waals surface area contributed by atoms with Crippen LogP contribution in [0.4, 0.5) is 5.69 Å². The van der Waals surface area contributed by atoms with Gasteiger partial charge in [-0.25, -0.2) is 8.42 Å². The zero-order chi connectivity index (χ0) is 14.6. The van der Waals surface area contributed by atoms with Crippen LogP contribution in [-0.2, 0) is 9.84 Å². The Morgan fingerprint density at radius 2 is 1.95 bits per heavy atom. The molecule has 1 aromatic rings. The highest BCUT2D eigenvalue weighted by Gasteiger charge is 2.21. The topological polar surface area (TPSA) is 46.2 Å². The molecule has 0 aromatic heterocycles. The van der Waals surface area contributed by atoms with Crippen LogP contribution in [0.2, 0.25) is 0 Å². The standard InChI is InChI=1S/C15H23NO2S2/c1-3-20(17,18)15-9-7-12(8-10-15)16-13-5-4-6-14(11-13)19-2/h7-10,13-14,16H,3-6,11H2,1-2H3. The van der Waals surface area contributed by atoms with E-state index in [-0.39, 0.29) is 5.75 Å². The van der Waals surface area contributed by atoms with Crippen molar-refractivity contribution in [2.45, 2.75) is 48.8 Å². The second-order valence-electron chi connectivity index (χ2n) is 5.29. The lowest BCUT2D eigenvalue weighted by atomic mass is 9.95. The monoisotopic (exact) mass is 313 g/mol. The predicted octanol–water partition coefficient (Wildman–Crippen LogP) is 3.57. The van der Waals surface area contributed by atoms with Gasteiger partial charge in [0.2, 0.25) is 0 Å². The fraction of sp³-hybridized carbons (Fsp3) is 0.600. The van der Waals surface area contributed by atoms with E-state index in [4.69, 9.17) is 0 Å². The van der Waals surface area contributed by atoms with Gasteiger partial charge in [-0.1, -0.05) is 13.3 Å². The highest BCUT2D eigenvalue weighted by atomic mass is 32.2. The molecule has 0 spiro atoms. The maximum Gasteiger partial charge on any atom is 0.178 e. The Morgan fingerprint density at radius 3 is 2.55 bits per heavy atom. The second-order valence-corrected chi connectivity index (χ2v) is 8.71. The third kappa shape index (κ3) is 3.92. The summed E-state index contributed by atoms with van der Waals surface area (Å²) in [5.41, 5.74) is 1.02. The number of benzene rings is 1. The molecule has 1 aliphatic carbocycles. The first kappa shape index (κ1) is 15.7. The molecule has 0 amide bonds. The maximum atomic E-state index is 11.8. The van der Waals surface area contributed by atoms with Crippen molar-refractivity contribution in [3.8, 4) is 0 Å². The number of thioether (sulfide) groups is 1. The van der Waals surface area contributed by atoms with Crippen LogP contribution < -0.4 is 5.32 Å². The van der Waals surface area contributed by atoms with Gasteiger partial charge >= 0.3 is 0 Å². The van der Waals surface area contributed by atoms with Crippen LogP contribution in [-0.4, -0.2) is 31.7 Å². The van der Waals surface area contributed by atoms with E-state index in [1.54, 1.807) is 19.1 Å². The van der Waals surface area contributed by atoms with Crippen LogP contribution in [0.15, 0.2) is 29.2 Å². The Morgan fingerprint density at radius 1 is 1.25 bits per heavy atom. The van der Waals surface area contributed by atoms with Gasteiger partial charge in [0, 0.05) is 17.0 Å². The molecule has 0 radical (unpaired) electrons. The average Bonchev–Trinajstić information content (AvgIpc) is 2.48. The number of sulfone groups is 1. The molecular weight excluding hydrogens is 290 g/mol.